The number of guanidine groups is 1. The highest BCUT2D eigenvalue weighted by Crippen LogP contribution is 2.11. The van der Waals surface area contributed by atoms with Crippen molar-refractivity contribution >= 4 is 27.4 Å². The summed E-state index contributed by atoms with van der Waals surface area (Å²) in [6.07, 6.45) is 0. The van der Waals surface area contributed by atoms with Crippen molar-refractivity contribution in [2.75, 3.05) is 51.8 Å². The number of sulfone groups is 1. The van der Waals surface area contributed by atoms with Crippen LogP contribution in [0.3, 0.4) is 0 Å². The van der Waals surface area contributed by atoms with Gasteiger partial charge in [0.25, 0.3) is 0 Å². The molecule has 1 aliphatic rings. The Labute approximate surface area is 149 Å². The van der Waals surface area contributed by atoms with Crippen LogP contribution in [0.2, 0.25) is 5.02 Å². The van der Waals surface area contributed by atoms with Crippen molar-refractivity contribution in [1.29, 1.82) is 0 Å². The molecule has 24 heavy (non-hydrogen) atoms. The molecule has 2 rings (SSSR count). The molecule has 1 aliphatic heterocycles. The van der Waals surface area contributed by atoms with Crippen LogP contribution < -0.4 is 5.32 Å². The van der Waals surface area contributed by atoms with Crippen LogP contribution in [-0.2, 0) is 16.4 Å². The van der Waals surface area contributed by atoms with Gasteiger partial charge in [-0.15, -0.1) is 0 Å². The third kappa shape index (κ3) is 5.96. The fourth-order valence-corrected chi connectivity index (χ4v) is 4.03. The molecular weight excluding hydrogens is 348 g/mol. The van der Waals surface area contributed by atoms with Crippen molar-refractivity contribution in [3.63, 3.8) is 0 Å². The molecule has 0 saturated carbocycles. The Morgan fingerprint density at radius 3 is 2.50 bits per heavy atom. The summed E-state index contributed by atoms with van der Waals surface area (Å²) in [4.78, 5) is 8.51. The number of benzene rings is 1. The molecule has 0 atom stereocenters. The molecule has 1 N–H and O–H groups in total. The second-order valence-corrected chi connectivity index (χ2v) is 8.69. The highest BCUT2D eigenvalue weighted by atomic mass is 35.5. The fraction of sp³-hybridized carbons (Fsp3) is 0.562. The van der Waals surface area contributed by atoms with Gasteiger partial charge in [0.2, 0.25) is 0 Å². The molecule has 8 heteroatoms. The van der Waals surface area contributed by atoms with Crippen molar-refractivity contribution in [2.24, 2.45) is 4.99 Å². The largest absolute Gasteiger partial charge is 0.355 e. The van der Waals surface area contributed by atoms with Gasteiger partial charge in [0.1, 0.15) is 0 Å². The normalized spacial score (nSPS) is 18.4. The van der Waals surface area contributed by atoms with Crippen LogP contribution in [0, 0.1) is 0 Å². The standard InChI is InChI=1S/C16H25ClN4O2S/c1-18-16(20(2)13-14-3-5-15(17)6-4-14)19-7-8-21-9-11-24(22,23)12-10-21/h3-6H,7-13H2,1-2H3,(H,18,19). The molecule has 1 heterocycles. The van der Waals surface area contributed by atoms with Gasteiger partial charge in [-0.1, -0.05) is 23.7 Å². The van der Waals surface area contributed by atoms with Gasteiger partial charge in [0.15, 0.2) is 15.8 Å². The van der Waals surface area contributed by atoms with Gasteiger partial charge in [-0.05, 0) is 17.7 Å². The summed E-state index contributed by atoms with van der Waals surface area (Å²) in [5.41, 5.74) is 1.16. The Hall–Kier alpha value is -1.31. The van der Waals surface area contributed by atoms with Crippen LogP contribution in [0.25, 0.3) is 0 Å². The Morgan fingerprint density at radius 2 is 1.92 bits per heavy atom. The molecule has 0 bridgehead atoms. The SMILES string of the molecule is CN=C(NCCN1CCS(=O)(=O)CC1)N(C)Cc1ccc(Cl)cc1. The minimum absolute atomic E-state index is 0.262. The van der Waals surface area contributed by atoms with E-state index in [0.29, 0.717) is 13.1 Å². The number of halogens is 1. The monoisotopic (exact) mass is 372 g/mol. The number of hydrogen-bond acceptors (Lipinski definition) is 4. The van der Waals surface area contributed by atoms with E-state index in [1.165, 1.54) is 0 Å². The number of aliphatic imine (C=N–C) groups is 1. The first-order chi connectivity index (χ1) is 11.4. The molecule has 134 valence electrons. The summed E-state index contributed by atoms with van der Waals surface area (Å²) in [5.74, 6) is 1.34. The minimum Gasteiger partial charge on any atom is -0.355 e. The summed E-state index contributed by atoms with van der Waals surface area (Å²) in [7, 11) is 0.925. The van der Waals surface area contributed by atoms with E-state index in [4.69, 9.17) is 11.6 Å². The Morgan fingerprint density at radius 1 is 1.29 bits per heavy atom. The molecular formula is C16H25ClN4O2S. The first-order valence-electron chi connectivity index (χ1n) is 7.98. The average molecular weight is 373 g/mol. The van der Waals surface area contributed by atoms with E-state index in [9.17, 15) is 8.42 Å². The van der Waals surface area contributed by atoms with Crippen molar-refractivity contribution < 1.29 is 8.42 Å². The highest BCUT2D eigenvalue weighted by molar-refractivity contribution is 7.91. The van der Waals surface area contributed by atoms with E-state index in [0.717, 1.165) is 36.2 Å². The van der Waals surface area contributed by atoms with Crippen LogP contribution in [-0.4, -0.2) is 76.0 Å². The smallest absolute Gasteiger partial charge is 0.193 e. The van der Waals surface area contributed by atoms with Crippen molar-refractivity contribution in [3.8, 4) is 0 Å². The van der Waals surface area contributed by atoms with Crippen LogP contribution in [0.4, 0.5) is 0 Å². The summed E-state index contributed by atoms with van der Waals surface area (Å²) < 4.78 is 22.9. The van der Waals surface area contributed by atoms with Crippen molar-refractivity contribution in [2.45, 2.75) is 6.54 Å². The maximum atomic E-state index is 11.4. The van der Waals surface area contributed by atoms with Gasteiger partial charge in [0, 0.05) is 51.8 Å². The number of hydrogen-bond donors (Lipinski definition) is 1. The maximum Gasteiger partial charge on any atom is 0.193 e. The van der Waals surface area contributed by atoms with E-state index in [1.54, 1.807) is 7.05 Å². The van der Waals surface area contributed by atoms with Gasteiger partial charge >= 0.3 is 0 Å². The molecule has 0 unspecified atom stereocenters. The Bertz CT molecular complexity index is 647. The molecule has 0 aliphatic carbocycles. The minimum atomic E-state index is -2.82. The molecule has 1 aromatic carbocycles. The lowest BCUT2D eigenvalue weighted by molar-refractivity contribution is 0.298. The van der Waals surface area contributed by atoms with Crippen LogP contribution >= 0.6 is 11.6 Å². The fourth-order valence-electron chi connectivity index (χ4n) is 2.62. The molecule has 1 aromatic rings. The van der Waals surface area contributed by atoms with Gasteiger partial charge < -0.3 is 10.2 Å². The second kappa shape index (κ2) is 8.69. The topological polar surface area (TPSA) is 65.0 Å². The molecule has 1 fully saturated rings. The first kappa shape index (κ1) is 19.0. The molecule has 0 amide bonds. The van der Waals surface area contributed by atoms with E-state index in [2.05, 4.69) is 15.2 Å². The quantitative estimate of drug-likeness (QED) is 0.619. The molecule has 0 aromatic heterocycles. The zero-order chi connectivity index (χ0) is 17.6. The number of rotatable bonds is 5. The lowest BCUT2D eigenvalue weighted by atomic mass is 10.2. The number of nitrogens with one attached hydrogen (secondary N) is 1. The molecule has 6 nitrogen and oxygen atoms in total. The summed E-state index contributed by atoms with van der Waals surface area (Å²) in [5, 5.41) is 4.06. The molecule has 0 spiro atoms. The highest BCUT2D eigenvalue weighted by Gasteiger charge is 2.21. The second-order valence-electron chi connectivity index (χ2n) is 5.95. The van der Waals surface area contributed by atoms with E-state index >= 15 is 0 Å². The molecule has 1 saturated heterocycles. The Kier molecular flexibility index (Phi) is 6.89. The van der Waals surface area contributed by atoms with E-state index in [-0.39, 0.29) is 11.5 Å². The van der Waals surface area contributed by atoms with Gasteiger partial charge in [0.05, 0.1) is 11.5 Å². The predicted molar refractivity (Wildman–Crippen MR) is 99.4 cm³/mol. The van der Waals surface area contributed by atoms with Crippen molar-refractivity contribution in [3.05, 3.63) is 34.9 Å². The van der Waals surface area contributed by atoms with Crippen molar-refractivity contribution in [1.82, 2.24) is 15.1 Å². The zero-order valence-electron chi connectivity index (χ0n) is 14.2. The Balaban J connectivity index is 1.76. The molecule has 0 radical (unpaired) electrons. The lowest BCUT2D eigenvalue weighted by Gasteiger charge is -2.28. The predicted octanol–water partition coefficient (Wildman–Crippen LogP) is 1.08. The van der Waals surface area contributed by atoms with Crippen LogP contribution in [0.5, 0.6) is 0 Å². The summed E-state index contributed by atoms with van der Waals surface area (Å²) in [6, 6.07) is 7.76. The zero-order valence-corrected chi connectivity index (χ0v) is 15.8. The maximum absolute atomic E-state index is 11.4. The third-order valence-corrected chi connectivity index (χ3v) is 5.92. The first-order valence-corrected chi connectivity index (χ1v) is 10.2. The van der Waals surface area contributed by atoms with Gasteiger partial charge in [-0.2, -0.15) is 0 Å². The van der Waals surface area contributed by atoms with Gasteiger partial charge in [-0.25, -0.2) is 8.42 Å². The van der Waals surface area contributed by atoms with E-state index in [1.807, 2.05) is 36.2 Å². The van der Waals surface area contributed by atoms with Crippen LogP contribution in [0.15, 0.2) is 29.3 Å². The summed E-state index contributed by atoms with van der Waals surface area (Å²) in [6.45, 7) is 3.51. The third-order valence-electron chi connectivity index (χ3n) is 4.05. The lowest BCUT2D eigenvalue weighted by Crippen LogP contribution is -2.46. The summed E-state index contributed by atoms with van der Waals surface area (Å²) >= 11 is 5.91. The van der Waals surface area contributed by atoms with Gasteiger partial charge in [-0.3, -0.25) is 9.89 Å². The number of nitrogens with zero attached hydrogens (tertiary/aromatic N) is 3. The average Bonchev–Trinajstić information content (AvgIpc) is 2.55. The van der Waals surface area contributed by atoms with Crippen LogP contribution in [0.1, 0.15) is 5.56 Å². The van der Waals surface area contributed by atoms with E-state index < -0.39 is 9.84 Å².